The molecule has 1 heterocycles. The zero-order valence-electron chi connectivity index (χ0n) is 9.99. The zero-order chi connectivity index (χ0) is 10.8. The molecule has 2 aliphatic rings. The largest absolute Gasteiger partial charge is 0.362 e. The highest BCUT2D eigenvalue weighted by Crippen LogP contribution is 2.30. The molecule has 2 nitrogen and oxygen atoms in total. The van der Waals surface area contributed by atoms with Crippen LogP contribution in [0.5, 0.6) is 0 Å². The molecule has 1 N–H and O–H groups in total. The molecular weight excluding hydrogens is 204 g/mol. The van der Waals surface area contributed by atoms with E-state index >= 15 is 0 Å². The Morgan fingerprint density at radius 1 is 1.33 bits per heavy atom. The van der Waals surface area contributed by atoms with Gasteiger partial charge in [0.1, 0.15) is 0 Å². The topological polar surface area (TPSA) is 24.4 Å². The number of hydrogen-bond acceptors (Lipinski definition) is 3. The van der Waals surface area contributed by atoms with Gasteiger partial charge in [-0.2, -0.15) is 0 Å². The van der Waals surface area contributed by atoms with Crippen molar-refractivity contribution in [1.29, 1.82) is 0 Å². The lowest BCUT2D eigenvalue weighted by molar-refractivity contribution is 0.259. The van der Waals surface area contributed by atoms with Gasteiger partial charge in [0, 0.05) is 11.8 Å². The molecule has 15 heavy (non-hydrogen) atoms. The molecule has 0 aromatic rings. The van der Waals surface area contributed by atoms with Gasteiger partial charge in [0.15, 0.2) is 5.17 Å². The molecule has 1 saturated carbocycles. The molecule has 0 amide bonds. The van der Waals surface area contributed by atoms with Crippen molar-refractivity contribution in [3.05, 3.63) is 0 Å². The van der Waals surface area contributed by atoms with Gasteiger partial charge in [0.05, 0.1) is 6.04 Å². The van der Waals surface area contributed by atoms with Crippen LogP contribution in [0.1, 0.15) is 40.0 Å². The average molecular weight is 226 g/mol. The van der Waals surface area contributed by atoms with Crippen LogP contribution >= 0.6 is 11.8 Å². The minimum Gasteiger partial charge on any atom is -0.362 e. The lowest BCUT2D eigenvalue weighted by Gasteiger charge is -2.32. The van der Waals surface area contributed by atoms with Gasteiger partial charge < -0.3 is 5.32 Å². The molecule has 0 radical (unpaired) electrons. The molecule has 2 rings (SSSR count). The maximum absolute atomic E-state index is 4.74. The fraction of sp³-hybridized carbons (Fsp3) is 0.917. The standard InChI is InChI=1S/C12H22N2S/c1-8(2)11-7-15-12(14-11)13-9(3)10-5-4-6-10/h8-11H,4-7H2,1-3H3,(H,13,14)/t9?,11-/m1/s1. The van der Waals surface area contributed by atoms with E-state index < -0.39 is 0 Å². The Morgan fingerprint density at radius 3 is 2.53 bits per heavy atom. The van der Waals surface area contributed by atoms with Crippen LogP contribution < -0.4 is 5.32 Å². The molecule has 0 saturated heterocycles. The summed E-state index contributed by atoms with van der Waals surface area (Å²) in [6, 6.07) is 1.15. The maximum atomic E-state index is 4.74. The number of thioether (sulfide) groups is 1. The summed E-state index contributed by atoms with van der Waals surface area (Å²) >= 11 is 1.90. The number of rotatable bonds is 3. The molecule has 1 aliphatic heterocycles. The molecule has 1 unspecified atom stereocenters. The summed E-state index contributed by atoms with van der Waals surface area (Å²) in [6.45, 7) is 6.82. The molecule has 0 aromatic heterocycles. The van der Waals surface area contributed by atoms with E-state index in [1.807, 2.05) is 11.8 Å². The van der Waals surface area contributed by atoms with Gasteiger partial charge in [-0.25, -0.2) is 0 Å². The van der Waals surface area contributed by atoms with Gasteiger partial charge in [-0.15, -0.1) is 0 Å². The molecular formula is C12H22N2S. The summed E-state index contributed by atoms with van der Waals surface area (Å²) in [5.41, 5.74) is 0. The molecule has 2 atom stereocenters. The summed E-state index contributed by atoms with van der Waals surface area (Å²) < 4.78 is 0. The summed E-state index contributed by atoms with van der Waals surface area (Å²) in [6.07, 6.45) is 4.23. The van der Waals surface area contributed by atoms with Gasteiger partial charge in [0.25, 0.3) is 0 Å². The van der Waals surface area contributed by atoms with Crippen LogP contribution in [0.3, 0.4) is 0 Å². The summed E-state index contributed by atoms with van der Waals surface area (Å²) in [5.74, 6) is 2.74. The van der Waals surface area contributed by atoms with E-state index in [-0.39, 0.29) is 0 Å². The Kier molecular flexibility index (Phi) is 3.60. The van der Waals surface area contributed by atoms with Crippen LogP contribution in [0.25, 0.3) is 0 Å². The van der Waals surface area contributed by atoms with E-state index in [1.54, 1.807) is 0 Å². The Morgan fingerprint density at radius 2 is 2.07 bits per heavy atom. The first-order valence-corrected chi connectivity index (χ1v) is 7.12. The highest BCUT2D eigenvalue weighted by atomic mass is 32.2. The quantitative estimate of drug-likeness (QED) is 0.800. The third-order valence-electron chi connectivity index (χ3n) is 3.65. The van der Waals surface area contributed by atoms with Crippen molar-refractivity contribution >= 4 is 16.9 Å². The summed E-state index contributed by atoms with van der Waals surface area (Å²) in [4.78, 5) is 4.74. The van der Waals surface area contributed by atoms with E-state index in [0.717, 1.165) is 11.7 Å². The van der Waals surface area contributed by atoms with Gasteiger partial charge in [-0.05, 0) is 31.6 Å². The van der Waals surface area contributed by atoms with Crippen LogP contribution in [0.15, 0.2) is 4.99 Å². The van der Waals surface area contributed by atoms with Gasteiger partial charge in [0.2, 0.25) is 0 Å². The van der Waals surface area contributed by atoms with Crippen molar-refractivity contribution in [3.63, 3.8) is 0 Å². The molecule has 86 valence electrons. The van der Waals surface area contributed by atoms with Crippen molar-refractivity contribution in [2.45, 2.75) is 52.1 Å². The van der Waals surface area contributed by atoms with Crippen molar-refractivity contribution in [2.24, 2.45) is 16.8 Å². The molecule has 3 heteroatoms. The minimum atomic E-state index is 0.533. The minimum absolute atomic E-state index is 0.533. The van der Waals surface area contributed by atoms with E-state index in [9.17, 15) is 0 Å². The predicted octanol–water partition coefficient (Wildman–Crippen LogP) is 2.89. The summed E-state index contributed by atoms with van der Waals surface area (Å²) in [5, 5.41) is 4.77. The Labute approximate surface area is 97.3 Å². The van der Waals surface area contributed by atoms with E-state index in [4.69, 9.17) is 4.99 Å². The monoisotopic (exact) mass is 226 g/mol. The van der Waals surface area contributed by atoms with Crippen molar-refractivity contribution in [3.8, 4) is 0 Å². The molecule has 0 bridgehead atoms. The average Bonchev–Trinajstić information content (AvgIpc) is 2.48. The second-order valence-corrected chi connectivity index (χ2v) is 6.19. The van der Waals surface area contributed by atoms with Crippen LogP contribution in [-0.2, 0) is 0 Å². The predicted molar refractivity (Wildman–Crippen MR) is 68.5 cm³/mol. The van der Waals surface area contributed by atoms with E-state index in [1.165, 1.54) is 24.4 Å². The van der Waals surface area contributed by atoms with Crippen LogP contribution in [0.2, 0.25) is 0 Å². The third-order valence-corrected chi connectivity index (χ3v) is 4.66. The first-order chi connectivity index (χ1) is 7.16. The highest BCUT2D eigenvalue weighted by Gasteiger charge is 2.27. The number of nitrogens with zero attached hydrogens (tertiary/aromatic N) is 1. The highest BCUT2D eigenvalue weighted by molar-refractivity contribution is 8.14. The Balaban J connectivity index is 1.81. The first-order valence-electron chi connectivity index (χ1n) is 6.14. The Bertz CT molecular complexity index is 246. The van der Waals surface area contributed by atoms with Crippen molar-refractivity contribution < 1.29 is 0 Å². The number of aliphatic imine (C=N–C) groups is 1. The number of amidine groups is 1. The number of hydrogen-bond donors (Lipinski definition) is 1. The first kappa shape index (κ1) is 11.3. The van der Waals surface area contributed by atoms with Crippen LogP contribution in [-0.4, -0.2) is 23.0 Å². The molecule has 1 aliphatic carbocycles. The van der Waals surface area contributed by atoms with Crippen molar-refractivity contribution in [1.82, 2.24) is 5.32 Å². The Hall–Kier alpha value is -0.180. The third kappa shape index (κ3) is 2.68. The molecule has 0 aromatic carbocycles. The smallest absolute Gasteiger partial charge is 0.157 e. The van der Waals surface area contributed by atoms with Crippen molar-refractivity contribution in [2.75, 3.05) is 5.75 Å². The summed E-state index contributed by atoms with van der Waals surface area (Å²) in [7, 11) is 0. The number of nitrogens with one attached hydrogen (secondary N) is 1. The van der Waals surface area contributed by atoms with Gasteiger partial charge >= 0.3 is 0 Å². The lowest BCUT2D eigenvalue weighted by Crippen LogP contribution is -2.39. The zero-order valence-corrected chi connectivity index (χ0v) is 10.8. The fourth-order valence-electron chi connectivity index (χ4n) is 2.06. The second kappa shape index (κ2) is 4.77. The molecule has 1 fully saturated rings. The maximum Gasteiger partial charge on any atom is 0.157 e. The second-order valence-electron chi connectivity index (χ2n) is 5.18. The van der Waals surface area contributed by atoms with E-state index in [2.05, 4.69) is 26.1 Å². The van der Waals surface area contributed by atoms with E-state index in [0.29, 0.717) is 18.0 Å². The van der Waals surface area contributed by atoms with Crippen LogP contribution in [0.4, 0.5) is 0 Å². The van der Waals surface area contributed by atoms with Gasteiger partial charge in [-0.3, -0.25) is 4.99 Å². The normalized spacial score (nSPS) is 28.8. The van der Waals surface area contributed by atoms with Crippen LogP contribution in [0, 0.1) is 11.8 Å². The fourth-order valence-corrected chi connectivity index (χ4v) is 3.33. The molecule has 0 spiro atoms. The lowest BCUT2D eigenvalue weighted by atomic mass is 9.80. The SMILES string of the molecule is CC(NC1=N[C@@H](C(C)C)CS1)C1CCC1. The van der Waals surface area contributed by atoms with Gasteiger partial charge in [-0.1, -0.05) is 32.0 Å².